The normalized spacial score (nSPS) is 42.9. The molecule has 68 heavy (non-hydrogen) atoms. The Bertz CT molecular complexity index is 2070. The Morgan fingerprint density at radius 1 is 0.588 bits per heavy atom. The minimum atomic E-state index is -0.462. The molecule has 7 nitrogen and oxygen atoms in total. The lowest BCUT2D eigenvalue weighted by atomic mass is 9.44. The average Bonchev–Trinajstić information content (AvgIpc) is 3.83. The minimum absolute atomic E-state index is 0. The Morgan fingerprint density at radius 2 is 1.04 bits per heavy atom. The smallest absolute Gasteiger partial charge is 0.249 e. The van der Waals surface area contributed by atoms with Crippen molar-refractivity contribution in [2.75, 3.05) is 21.3 Å². The van der Waals surface area contributed by atoms with E-state index < -0.39 is 11.2 Å². The number of carbonyl (C=O) groups excluding carboxylic acids is 2. The number of ether oxygens (including phenoxy) is 1. The maximum absolute atomic E-state index is 13.6. The summed E-state index contributed by atoms with van der Waals surface area (Å²) >= 11 is 3.33. The number of nitrogens with zero attached hydrogens (tertiary/aromatic N) is 1. The molecule has 2 aromatic rings. The van der Waals surface area contributed by atoms with Crippen molar-refractivity contribution in [1.29, 1.82) is 0 Å². The summed E-state index contributed by atoms with van der Waals surface area (Å²) in [5, 5.41) is 22.8. The van der Waals surface area contributed by atoms with E-state index in [9.17, 15) is 19.8 Å². The van der Waals surface area contributed by atoms with Gasteiger partial charge in [0.05, 0.1) is 29.9 Å². The molecule has 1 amide bonds. The summed E-state index contributed by atoms with van der Waals surface area (Å²) in [4.78, 5) is 31.8. The lowest BCUT2D eigenvalue weighted by Gasteiger charge is -2.61. The van der Waals surface area contributed by atoms with E-state index in [4.69, 9.17) is 9.57 Å². The highest BCUT2D eigenvalue weighted by Crippen LogP contribution is 2.70. The van der Waals surface area contributed by atoms with Gasteiger partial charge >= 0.3 is 0 Å². The summed E-state index contributed by atoms with van der Waals surface area (Å²) in [6.45, 7) is 16.1. The second-order valence-electron chi connectivity index (χ2n) is 24.9. The van der Waals surface area contributed by atoms with Crippen molar-refractivity contribution < 1.29 is 29.4 Å². The summed E-state index contributed by atoms with van der Waals surface area (Å²) in [6.07, 6.45) is 20.8. The predicted octanol–water partition coefficient (Wildman–Crippen LogP) is 14.7. The van der Waals surface area contributed by atoms with Crippen LogP contribution < -0.4 is 4.74 Å². The number of ketones is 1. The molecule has 8 fully saturated rings. The lowest BCUT2D eigenvalue weighted by Crippen LogP contribution is -2.56. The van der Waals surface area contributed by atoms with Crippen molar-refractivity contribution in [3.05, 3.63) is 64.1 Å². The molecule has 0 saturated heterocycles. The summed E-state index contributed by atoms with van der Waals surface area (Å²) in [5.74, 6) is 7.61. The second-order valence-corrected chi connectivity index (χ2v) is 25.8. The van der Waals surface area contributed by atoms with Gasteiger partial charge in [0.25, 0.3) is 0 Å². The van der Waals surface area contributed by atoms with Crippen LogP contribution in [0.25, 0.3) is 0 Å². The number of para-hydroxylation sites is 1. The molecule has 8 aliphatic carbocycles. The molecule has 0 spiro atoms. The molecule has 2 aromatic carbocycles. The highest BCUT2D eigenvalue weighted by molar-refractivity contribution is 9.10. The van der Waals surface area contributed by atoms with E-state index in [-0.39, 0.29) is 43.4 Å². The zero-order valence-electron chi connectivity index (χ0n) is 42.5. The van der Waals surface area contributed by atoms with Crippen molar-refractivity contribution in [1.82, 2.24) is 5.06 Å². The molecule has 8 aliphatic rings. The van der Waals surface area contributed by atoms with Gasteiger partial charge in [0, 0.05) is 24.4 Å². The third-order valence-corrected chi connectivity index (χ3v) is 22.2. The van der Waals surface area contributed by atoms with Gasteiger partial charge in [-0.05, 0) is 239 Å². The Kier molecular flexibility index (Phi) is 16.8. The predicted molar refractivity (Wildman–Crippen MR) is 281 cm³/mol. The largest absolute Gasteiger partial charge is 0.496 e. The van der Waals surface area contributed by atoms with Crippen LogP contribution in [0.15, 0.2) is 53.0 Å². The van der Waals surface area contributed by atoms with Gasteiger partial charge in [0.15, 0.2) is 5.78 Å². The summed E-state index contributed by atoms with van der Waals surface area (Å²) in [5.41, 5.74) is 2.25. The molecular weight excluding hydrogens is 911 g/mol. The van der Waals surface area contributed by atoms with Crippen molar-refractivity contribution >= 4 is 27.6 Å². The number of aryl methyl sites for hydroxylation is 1. The van der Waals surface area contributed by atoms with Crippen molar-refractivity contribution in [2.24, 2.45) is 80.8 Å². The molecule has 0 heterocycles. The van der Waals surface area contributed by atoms with Gasteiger partial charge in [-0.1, -0.05) is 78.9 Å². The molecule has 8 saturated carbocycles. The van der Waals surface area contributed by atoms with E-state index in [0.29, 0.717) is 40.3 Å². The van der Waals surface area contributed by atoms with Gasteiger partial charge in [-0.3, -0.25) is 14.4 Å². The third kappa shape index (κ3) is 9.83. The Hall–Kier alpha value is -2.26. The van der Waals surface area contributed by atoms with Crippen LogP contribution in [0.4, 0.5) is 0 Å². The maximum Gasteiger partial charge on any atom is 0.249 e. The van der Waals surface area contributed by atoms with Gasteiger partial charge in [0.2, 0.25) is 5.91 Å². The molecule has 8 heteroatoms. The van der Waals surface area contributed by atoms with Crippen LogP contribution in [0, 0.1) is 87.8 Å². The number of amides is 1. The first kappa shape index (κ1) is 55.1. The Labute approximate surface area is 422 Å². The number of rotatable bonds is 5. The van der Waals surface area contributed by atoms with Crippen molar-refractivity contribution in [2.45, 2.75) is 190 Å². The number of hydroxylamine groups is 2. The number of hydrogen-bond acceptors (Lipinski definition) is 6. The number of carbonyl (C=O) groups is 2. The summed E-state index contributed by atoms with van der Waals surface area (Å²) in [6, 6.07) is 15.9. The fourth-order valence-corrected chi connectivity index (χ4v) is 18.1. The van der Waals surface area contributed by atoms with E-state index >= 15 is 0 Å². The average molecular weight is 1010 g/mol. The highest BCUT2D eigenvalue weighted by atomic mass is 79.9. The molecule has 382 valence electrons. The Morgan fingerprint density at radius 3 is 1.51 bits per heavy atom. The fraction of sp³-hybridized carbons (Fsp3) is 0.767. The second kappa shape index (κ2) is 20.7. The molecule has 10 rings (SSSR count). The van der Waals surface area contributed by atoms with Crippen LogP contribution in [0.2, 0.25) is 0 Å². The van der Waals surface area contributed by atoms with Crippen LogP contribution in [0.5, 0.6) is 5.75 Å². The first-order valence-corrected chi connectivity index (χ1v) is 27.1. The van der Waals surface area contributed by atoms with Crippen LogP contribution in [0.3, 0.4) is 0 Å². The van der Waals surface area contributed by atoms with Crippen LogP contribution in [0.1, 0.15) is 188 Å². The van der Waals surface area contributed by atoms with Gasteiger partial charge in [-0.2, -0.15) is 0 Å². The van der Waals surface area contributed by atoms with E-state index in [1.54, 1.807) is 21.3 Å². The zero-order chi connectivity index (χ0) is 47.6. The topological polar surface area (TPSA) is 96.3 Å². The number of hydrogen-bond donors (Lipinski definition) is 2. The lowest BCUT2D eigenvalue weighted by molar-refractivity contribution is -0.182. The zero-order valence-corrected chi connectivity index (χ0v) is 44.1. The van der Waals surface area contributed by atoms with E-state index in [2.05, 4.69) is 63.5 Å². The number of methoxy groups -OCH3 is 1. The van der Waals surface area contributed by atoms with Gasteiger partial charge in [-0.15, -0.1) is 0 Å². The standard InChI is InChI=1S/C28H40O2.C23H39NO3.C7H7BrO.2CH4/c1-18-7-5-6-8-20(18)25(29)24-12-11-22-21-10-9-19-17-26(2,30)15-16-27(19,3)23(21)13-14-28(22,24)4;1-21(26)12-13-22(2)15(14-21)6-7-16-17-8-9-19(20(25)24(4)27-5)23(17,3)11-10-18(16)22;1-9-7-5-3-2-4-6(7)8;;/h5-8,19,21-24,30H,9-17H2,1-4H3;15-19,26H,6-14H2,1-5H3;2-5H,1H3;2*1H4/t19-,21+,22+,23+,24-,26-,27+,28+;15-,16+,17+,18+,19-,21-,22+,23+;;;/m11.../s1. The number of aliphatic hydroxyl groups is 2. The summed E-state index contributed by atoms with van der Waals surface area (Å²) < 4.78 is 5.99. The minimum Gasteiger partial charge on any atom is -0.496 e. The van der Waals surface area contributed by atoms with E-state index in [1.807, 2.05) is 49.4 Å². The number of halogens is 1. The number of fused-ring (bicyclic) bond motifs is 10. The molecule has 16 atom stereocenters. The van der Waals surface area contributed by atoms with Crippen molar-refractivity contribution in [3.63, 3.8) is 0 Å². The number of Topliss-reactive ketones (excluding diaryl/α,β-unsaturated/α-hetero) is 1. The van der Waals surface area contributed by atoms with E-state index in [1.165, 1.54) is 82.1 Å². The molecule has 2 N–H and O–H groups in total. The van der Waals surface area contributed by atoms with Crippen molar-refractivity contribution in [3.8, 4) is 5.75 Å². The maximum atomic E-state index is 13.6. The van der Waals surface area contributed by atoms with Crippen LogP contribution in [-0.4, -0.2) is 59.4 Å². The fourth-order valence-electron chi connectivity index (χ4n) is 17.7. The molecule has 0 aromatic heterocycles. The first-order valence-electron chi connectivity index (χ1n) is 26.3. The SMILES string of the molecule is C.C.CON(C)C(=O)[C@H]1CC[C@H]2[C@@H]3CC[C@@H]4C[C@](C)(O)CC[C@]4(C)[C@H]3CC[C@]12C.COc1ccccc1Br.Cc1ccccc1C(=O)[C@H]1CC[C@H]2[C@@H]3CC[C@@H]4C[C@](C)(O)CC[C@]4(C)[C@H]3CC[C@]12C. The molecular formula is C60H94BrNO6. The van der Waals surface area contributed by atoms with Gasteiger partial charge < -0.3 is 14.9 Å². The molecule has 0 unspecified atom stereocenters. The quantitative estimate of drug-likeness (QED) is 0.229. The Balaban J connectivity index is 0.000000186. The molecule has 0 radical (unpaired) electrons. The van der Waals surface area contributed by atoms with Gasteiger partial charge in [-0.25, -0.2) is 5.06 Å². The van der Waals surface area contributed by atoms with Gasteiger partial charge in [0.1, 0.15) is 5.75 Å². The third-order valence-electron chi connectivity index (χ3n) is 21.6. The van der Waals surface area contributed by atoms with Crippen LogP contribution in [-0.2, 0) is 9.63 Å². The van der Waals surface area contributed by atoms with Crippen LogP contribution >= 0.6 is 15.9 Å². The summed E-state index contributed by atoms with van der Waals surface area (Å²) in [7, 11) is 4.99. The first-order chi connectivity index (χ1) is 31.1. The number of benzene rings is 2. The highest BCUT2D eigenvalue weighted by Gasteiger charge is 2.64. The molecule has 0 bridgehead atoms. The monoisotopic (exact) mass is 1000 g/mol. The van der Waals surface area contributed by atoms with E-state index in [0.717, 1.165) is 83.5 Å². The molecule has 0 aliphatic heterocycles.